The van der Waals surface area contributed by atoms with Crippen molar-refractivity contribution in [3.8, 4) is 0 Å². The van der Waals surface area contributed by atoms with E-state index in [-0.39, 0.29) is 45.6 Å². The molecule has 0 amide bonds. The van der Waals surface area contributed by atoms with E-state index in [1.807, 2.05) is 6.92 Å². The van der Waals surface area contributed by atoms with Gasteiger partial charge in [0.15, 0.2) is 0 Å². The number of rotatable bonds is 1. The Morgan fingerprint density at radius 2 is 1.63 bits per heavy atom. The van der Waals surface area contributed by atoms with Gasteiger partial charge in [-0.3, -0.25) is 4.79 Å². The van der Waals surface area contributed by atoms with Crippen LogP contribution in [0.4, 0.5) is 0 Å². The molecule has 2 N–H and O–H groups in total. The van der Waals surface area contributed by atoms with E-state index in [9.17, 15) is 15.0 Å². The summed E-state index contributed by atoms with van der Waals surface area (Å²) < 4.78 is 5.44. The van der Waals surface area contributed by atoms with Gasteiger partial charge in [-0.05, 0) is 104 Å². The van der Waals surface area contributed by atoms with Gasteiger partial charge < -0.3 is 14.9 Å². The summed E-state index contributed by atoms with van der Waals surface area (Å²) >= 11 is 0. The zero-order chi connectivity index (χ0) is 25.8. The Morgan fingerprint density at radius 3 is 2.29 bits per heavy atom. The summed E-state index contributed by atoms with van der Waals surface area (Å²) in [6.07, 6.45) is 11.0. The molecule has 5 rings (SSSR count). The second-order valence-electron chi connectivity index (χ2n) is 14.9. The maximum Gasteiger partial charge on any atom is 0.312 e. The van der Waals surface area contributed by atoms with Gasteiger partial charge in [-0.25, -0.2) is 0 Å². The number of esters is 1. The number of ether oxygens (including phenoxy) is 1. The number of aliphatic hydroxyl groups excluding tert-OH is 1. The number of methoxy groups -OCH3 is 1. The van der Waals surface area contributed by atoms with Gasteiger partial charge in [-0.15, -0.1) is 0 Å². The number of carbonyl (C=O) groups excluding carboxylic acids is 1. The fourth-order valence-corrected chi connectivity index (χ4v) is 11.0. The van der Waals surface area contributed by atoms with Gasteiger partial charge in [0.05, 0.1) is 24.2 Å². The van der Waals surface area contributed by atoms with Crippen LogP contribution in [0.25, 0.3) is 0 Å². The third kappa shape index (κ3) is 2.96. The van der Waals surface area contributed by atoms with Gasteiger partial charge in [0, 0.05) is 5.92 Å². The molecule has 35 heavy (non-hydrogen) atoms. The first-order valence-corrected chi connectivity index (χ1v) is 14.3. The number of aliphatic hydroxyl groups is 2. The second kappa shape index (κ2) is 7.59. The quantitative estimate of drug-likeness (QED) is 0.337. The molecule has 0 spiro atoms. The summed E-state index contributed by atoms with van der Waals surface area (Å²) in [7, 11) is 1.52. The number of hydrogen-bond donors (Lipinski definition) is 2. The average molecular weight is 487 g/mol. The molecule has 0 aliphatic heterocycles. The third-order valence-corrected chi connectivity index (χ3v) is 13.6. The van der Waals surface area contributed by atoms with Crippen molar-refractivity contribution in [2.45, 2.75) is 118 Å². The van der Waals surface area contributed by atoms with Gasteiger partial charge in [-0.2, -0.15) is 0 Å². The van der Waals surface area contributed by atoms with Crippen molar-refractivity contribution in [3.05, 3.63) is 11.6 Å². The Bertz CT molecular complexity index is 934. The van der Waals surface area contributed by atoms with Gasteiger partial charge in [-0.1, -0.05) is 53.2 Å². The van der Waals surface area contributed by atoms with E-state index in [1.165, 1.54) is 12.7 Å². The highest BCUT2D eigenvalue weighted by atomic mass is 16.5. The molecule has 5 aliphatic carbocycles. The first-order valence-electron chi connectivity index (χ1n) is 14.3. The number of carbonyl (C=O) groups is 1. The summed E-state index contributed by atoms with van der Waals surface area (Å²) in [5.41, 5.74) is 0.00144. The number of hydrogen-bond acceptors (Lipinski definition) is 4. The summed E-state index contributed by atoms with van der Waals surface area (Å²) in [6.45, 7) is 16.3. The molecule has 198 valence electrons. The van der Waals surface area contributed by atoms with Crippen molar-refractivity contribution < 1.29 is 19.7 Å². The Morgan fingerprint density at radius 1 is 0.943 bits per heavy atom. The molecule has 4 saturated carbocycles. The van der Waals surface area contributed by atoms with Crippen LogP contribution in [0.1, 0.15) is 106 Å². The lowest BCUT2D eigenvalue weighted by Crippen LogP contribution is -2.67. The van der Waals surface area contributed by atoms with Crippen LogP contribution in [-0.2, 0) is 9.53 Å². The highest BCUT2D eigenvalue weighted by Gasteiger charge is 2.71. The van der Waals surface area contributed by atoms with Gasteiger partial charge in [0.2, 0.25) is 0 Å². The Kier molecular flexibility index (Phi) is 5.59. The topological polar surface area (TPSA) is 66.8 Å². The van der Waals surface area contributed by atoms with Gasteiger partial charge in [0.25, 0.3) is 0 Å². The van der Waals surface area contributed by atoms with E-state index in [0.29, 0.717) is 11.8 Å². The first kappa shape index (κ1) is 25.8. The maximum atomic E-state index is 13.4. The molecule has 0 unspecified atom stereocenters. The molecule has 0 aromatic carbocycles. The van der Waals surface area contributed by atoms with Crippen LogP contribution in [-0.4, -0.2) is 35.0 Å². The molecular weight excluding hydrogens is 436 g/mol. The predicted octanol–water partition coefficient (Wildman–Crippen LogP) is 6.29. The van der Waals surface area contributed by atoms with E-state index < -0.39 is 11.0 Å². The summed E-state index contributed by atoms with van der Waals surface area (Å²) in [5, 5.41) is 23.0. The highest BCUT2D eigenvalue weighted by Crippen LogP contribution is 2.76. The lowest BCUT2D eigenvalue weighted by Gasteiger charge is -2.71. The van der Waals surface area contributed by atoms with Crippen LogP contribution in [0, 0.1) is 50.7 Å². The van der Waals surface area contributed by atoms with E-state index >= 15 is 0 Å². The Labute approximate surface area is 213 Å². The minimum absolute atomic E-state index is 0.0483. The van der Waals surface area contributed by atoms with Crippen molar-refractivity contribution in [3.63, 3.8) is 0 Å². The van der Waals surface area contributed by atoms with Crippen molar-refractivity contribution >= 4 is 5.97 Å². The molecule has 0 aromatic rings. The Hall–Kier alpha value is -0.870. The van der Waals surface area contributed by atoms with Crippen molar-refractivity contribution in [2.75, 3.05) is 7.11 Å². The molecule has 4 heteroatoms. The van der Waals surface area contributed by atoms with Crippen molar-refractivity contribution in [2.24, 2.45) is 50.7 Å². The monoisotopic (exact) mass is 486 g/mol. The fourth-order valence-electron chi connectivity index (χ4n) is 11.0. The molecule has 0 aromatic heterocycles. The molecule has 5 aliphatic rings. The van der Waals surface area contributed by atoms with Gasteiger partial charge in [0.1, 0.15) is 0 Å². The van der Waals surface area contributed by atoms with Gasteiger partial charge >= 0.3 is 5.97 Å². The predicted molar refractivity (Wildman–Crippen MR) is 138 cm³/mol. The van der Waals surface area contributed by atoms with E-state index in [0.717, 1.165) is 57.8 Å². The van der Waals surface area contributed by atoms with E-state index in [4.69, 9.17) is 4.74 Å². The highest BCUT2D eigenvalue weighted by molar-refractivity contribution is 5.79. The zero-order valence-corrected chi connectivity index (χ0v) is 23.5. The lowest BCUT2D eigenvalue weighted by atomic mass is 9.33. The number of fused-ring (bicyclic) bond motifs is 7. The summed E-state index contributed by atoms with van der Waals surface area (Å²) in [6, 6.07) is 0. The van der Waals surface area contributed by atoms with E-state index in [2.05, 4.69) is 47.6 Å². The summed E-state index contributed by atoms with van der Waals surface area (Å²) in [4.78, 5) is 13.4. The molecule has 0 saturated heterocycles. The van der Waals surface area contributed by atoms with Crippen LogP contribution in [0.15, 0.2) is 11.6 Å². The first-order chi connectivity index (χ1) is 16.1. The van der Waals surface area contributed by atoms with E-state index in [1.54, 1.807) is 0 Å². The Balaban J connectivity index is 1.64. The molecule has 4 nitrogen and oxygen atoms in total. The molecule has 0 radical (unpaired) electrons. The minimum atomic E-state index is -0.929. The smallest absolute Gasteiger partial charge is 0.312 e. The van der Waals surface area contributed by atoms with Crippen molar-refractivity contribution in [1.82, 2.24) is 0 Å². The summed E-state index contributed by atoms with van der Waals surface area (Å²) in [5.74, 6) is 0.909. The van der Waals surface area contributed by atoms with Crippen LogP contribution in [0.2, 0.25) is 0 Å². The lowest BCUT2D eigenvalue weighted by molar-refractivity contribution is -0.218. The normalized spacial score (nSPS) is 54.9. The second-order valence-corrected chi connectivity index (χ2v) is 14.9. The van der Waals surface area contributed by atoms with Crippen LogP contribution < -0.4 is 0 Å². The van der Waals surface area contributed by atoms with Crippen LogP contribution in [0.5, 0.6) is 0 Å². The molecule has 10 atom stereocenters. The zero-order valence-electron chi connectivity index (χ0n) is 23.5. The largest absolute Gasteiger partial charge is 0.469 e. The SMILES string of the molecule is COC(=O)[C@]12CC[C@@H](C)[C@@](C)(O)[C@H]1C1=CC[C@@H]3[C@@]4(C)CC[C@@H](O)C(C)(C)[C@@H]4CC[C@@]3(C)[C@]1(C)CC2. The molecule has 4 fully saturated rings. The third-order valence-electron chi connectivity index (χ3n) is 13.6. The average Bonchev–Trinajstić information content (AvgIpc) is 2.79. The fraction of sp³-hybridized carbons (Fsp3) is 0.903. The minimum Gasteiger partial charge on any atom is -0.469 e. The maximum absolute atomic E-state index is 13.4. The standard InChI is InChI=1S/C31H50O4/c1-19-11-16-31(25(33)35-8)18-17-28(5)20(24(31)30(19,7)34)9-10-22-27(4)14-13-23(32)26(2,3)21(27)12-15-29(22,28)6/h9,19,21-24,32,34H,10-18H2,1-8H3/t19-,21+,22-,23-,24-,27+,28-,29-,30-,31+/m1/s1. The molecule has 0 bridgehead atoms. The van der Waals surface area contributed by atoms with Crippen LogP contribution >= 0.6 is 0 Å². The number of allylic oxidation sites excluding steroid dienone is 1. The molecule has 0 heterocycles. The van der Waals surface area contributed by atoms with Crippen LogP contribution in [0.3, 0.4) is 0 Å². The van der Waals surface area contributed by atoms with Crippen molar-refractivity contribution in [1.29, 1.82) is 0 Å². The molecular formula is C31H50O4.